The zero-order valence-electron chi connectivity index (χ0n) is 11.2. The number of rotatable bonds is 6. The number of nitrogens with one attached hydrogen (secondary N) is 1. The highest BCUT2D eigenvalue weighted by Crippen LogP contribution is 2.18. The van der Waals surface area contributed by atoms with Gasteiger partial charge in [-0.15, -0.1) is 0 Å². The van der Waals surface area contributed by atoms with Crippen LogP contribution in [0.2, 0.25) is 0 Å². The van der Waals surface area contributed by atoms with Crippen LogP contribution in [0.3, 0.4) is 0 Å². The first kappa shape index (κ1) is 14.4. The SMILES string of the molecule is FC(F)c1ccc(CNCCN2CCCCC2)cc1. The molecular weight excluding hydrogens is 246 g/mol. The molecular formula is C15H22F2N2. The lowest BCUT2D eigenvalue weighted by atomic mass is 10.1. The van der Waals surface area contributed by atoms with E-state index in [0.717, 1.165) is 25.2 Å². The zero-order valence-corrected chi connectivity index (χ0v) is 11.2. The first-order chi connectivity index (χ1) is 9.25. The summed E-state index contributed by atoms with van der Waals surface area (Å²) in [7, 11) is 0. The minimum Gasteiger partial charge on any atom is -0.311 e. The fraction of sp³-hybridized carbons (Fsp3) is 0.600. The van der Waals surface area contributed by atoms with Crippen molar-refractivity contribution in [3.8, 4) is 0 Å². The molecule has 19 heavy (non-hydrogen) atoms. The minimum absolute atomic E-state index is 0.0945. The summed E-state index contributed by atoms with van der Waals surface area (Å²) in [5, 5.41) is 3.37. The Labute approximate surface area is 113 Å². The summed E-state index contributed by atoms with van der Waals surface area (Å²) >= 11 is 0. The van der Waals surface area contributed by atoms with Crippen molar-refractivity contribution in [3.63, 3.8) is 0 Å². The maximum Gasteiger partial charge on any atom is 0.263 e. The molecule has 1 aromatic carbocycles. The Balaban J connectivity index is 1.64. The molecule has 106 valence electrons. The van der Waals surface area contributed by atoms with Crippen LogP contribution in [0.5, 0.6) is 0 Å². The third-order valence-electron chi connectivity index (χ3n) is 3.61. The van der Waals surface area contributed by atoms with Crippen LogP contribution >= 0.6 is 0 Å². The predicted octanol–water partition coefficient (Wildman–Crippen LogP) is 3.20. The van der Waals surface area contributed by atoms with Crippen molar-refractivity contribution in [2.75, 3.05) is 26.2 Å². The van der Waals surface area contributed by atoms with Crippen LogP contribution in [-0.2, 0) is 6.54 Å². The van der Waals surface area contributed by atoms with Crippen molar-refractivity contribution in [1.29, 1.82) is 0 Å². The first-order valence-corrected chi connectivity index (χ1v) is 7.06. The van der Waals surface area contributed by atoms with E-state index in [9.17, 15) is 8.78 Å². The zero-order chi connectivity index (χ0) is 13.5. The summed E-state index contributed by atoms with van der Waals surface area (Å²) in [6.07, 6.45) is 1.62. The molecule has 1 aromatic rings. The molecule has 1 N–H and O–H groups in total. The van der Waals surface area contributed by atoms with E-state index in [4.69, 9.17) is 0 Å². The highest BCUT2D eigenvalue weighted by molar-refractivity contribution is 5.23. The summed E-state index contributed by atoms with van der Waals surface area (Å²) < 4.78 is 24.8. The van der Waals surface area contributed by atoms with Crippen molar-refractivity contribution in [2.45, 2.75) is 32.2 Å². The van der Waals surface area contributed by atoms with Gasteiger partial charge < -0.3 is 10.2 Å². The molecule has 1 saturated heterocycles. The molecule has 0 unspecified atom stereocenters. The Morgan fingerprint density at radius 2 is 1.74 bits per heavy atom. The van der Waals surface area contributed by atoms with Gasteiger partial charge in [-0.3, -0.25) is 0 Å². The highest BCUT2D eigenvalue weighted by Gasteiger charge is 2.09. The van der Waals surface area contributed by atoms with Crippen LogP contribution < -0.4 is 5.32 Å². The van der Waals surface area contributed by atoms with Gasteiger partial charge in [-0.25, -0.2) is 8.78 Å². The van der Waals surface area contributed by atoms with Gasteiger partial charge in [0, 0.05) is 25.2 Å². The molecule has 0 aromatic heterocycles. The average Bonchev–Trinajstić information content (AvgIpc) is 2.45. The second-order valence-electron chi connectivity index (χ2n) is 5.12. The third kappa shape index (κ3) is 4.88. The topological polar surface area (TPSA) is 15.3 Å². The van der Waals surface area contributed by atoms with Crippen LogP contribution in [0.25, 0.3) is 0 Å². The molecule has 0 amide bonds. The van der Waals surface area contributed by atoms with Crippen molar-refractivity contribution in [3.05, 3.63) is 35.4 Å². The maximum atomic E-state index is 12.4. The Hall–Kier alpha value is -1.00. The second-order valence-corrected chi connectivity index (χ2v) is 5.12. The average molecular weight is 268 g/mol. The molecule has 2 nitrogen and oxygen atoms in total. The molecule has 0 radical (unpaired) electrons. The number of likely N-dealkylation sites (tertiary alicyclic amines) is 1. The van der Waals surface area contributed by atoms with Gasteiger partial charge >= 0.3 is 0 Å². The van der Waals surface area contributed by atoms with E-state index in [0.29, 0.717) is 0 Å². The van der Waals surface area contributed by atoms with E-state index in [1.807, 2.05) is 0 Å². The van der Waals surface area contributed by atoms with Gasteiger partial charge in [-0.2, -0.15) is 0 Å². The Morgan fingerprint density at radius 3 is 2.37 bits per heavy atom. The molecule has 2 rings (SSSR count). The highest BCUT2D eigenvalue weighted by atomic mass is 19.3. The summed E-state index contributed by atoms with van der Waals surface area (Å²) in [5.74, 6) is 0. The van der Waals surface area contributed by atoms with E-state index >= 15 is 0 Å². The van der Waals surface area contributed by atoms with Gasteiger partial charge in [0.05, 0.1) is 0 Å². The number of alkyl halides is 2. The number of hydrogen-bond donors (Lipinski definition) is 1. The van der Waals surface area contributed by atoms with Crippen molar-refractivity contribution >= 4 is 0 Å². The molecule has 4 heteroatoms. The summed E-state index contributed by atoms with van der Waals surface area (Å²) in [5.41, 5.74) is 1.15. The second kappa shape index (κ2) is 7.56. The van der Waals surface area contributed by atoms with E-state index in [1.54, 1.807) is 12.1 Å². The molecule has 1 fully saturated rings. The summed E-state index contributed by atoms with van der Waals surface area (Å²) in [4.78, 5) is 2.48. The van der Waals surface area contributed by atoms with Crippen molar-refractivity contribution < 1.29 is 8.78 Å². The van der Waals surface area contributed by atoms with E-state index < -0.39 is 6.43 Å². The smallest absolute Gasteiger partial charge is 0.263 e. The van der Waals surface area contributed by atoms with Crippen molar-refractivity contribution in [1.82, 2.24) is 10.2 Å². The Kier molecular flexibility index (Phi) is 5.73. The van der Waals surface area contributed by atoms with Crippen LogP contribution in [0.1, 0.15) is 36.8 Å². The van der Waals surface area contributed by atoms with E-state index in [1.165, 1.54) is 44.5 Å². The summed E-state index contributed by atoms with van der Waals surface area (Å²) in [6, 6.07) is 6.56. The number of benzene rings is 1. The lowest BCUT2D eigenvalue weighted by molar-refractivity contribution is 0.151. The fourth-order valence-corrected chi connectivity index (χ4v) is 2.43. The Morgan fingerprint density at radius 1 is 1.05 bits per heavy atom. The number of hydrogen-bond acceptors (Lipinski definition) is 2. The van der Waals surface area contributed by atoms with E-state index in [2.05, 4.69) is 10.2 Å². The fourth-order valence-electron chi connectivity index (χ4n) is 2.43. The Bertz CT molecular complexity index is 359. The third-order valence-corrected chi connectivity index (χ3v) is 3.61. The maximum absolute atomic E-state index is 12.4. The first-order valence-electron chi connectivity index (χ1n) is 7.06. The molecule has 1 heterocycles. The molecule has 0 bridgehead atoms. The van der Waals surface area contributed by atoms with Gasteiger partial charge in [-0.05, 0) is 31.5 Å². The van der Waals surface area contributed by atoms with Crippen LogP contribution in [-0.4, -0.2) is 31.1 Å². The largest absolute Gasteiger partial charge is 0.311 e. The number of halogens is 2. The molecule has 1 aliphatic rings. The number of nitrogens with zero attached hydrogens (tertiary/aromatic N) is 1. The quantitative estimate of drug-likeness (QED) is 0.797. The minimum atomic E-state index is -2.37. The van der Waals surface area contributed by atoms with Gasteiger partial charge in [-0.1, -0.05) is 30.7 Å². The number of piperidine rings is 1. The van der Waals surface area contributed by atoms with Gasteiger partial charge in [0.25, 0.3) is 6.43 Å². The molecule has 1 aliphatic heterocycles. The summed E-state index contributed by atoms with van der Waals surface area (Å²) in [6.45, 7) is 5.21. The lowest BCUT2D eigenvalue weighted by Gasteiger charge is -2.26. The molecule has 0 saturated carbocycles. The van der Waals surface area contributed by atoms with Crippen LogP contribution in [0.15, 0.2) is 24.3 Å². The standard InChI is InChI=1S/C15H22F2N2/c16-15(17)14-6-4-13(5-7-14)12-18-8-11-19-9-2-1-3-10-19/h4-7,15,18H,1-3,8-12H2. The molecule has 0 aliphatic carbocycles. The van der Waals surface area contributed by atoms with Gasteiger partial charge in [0.2, 0.25) is 0 Å². The predicted molar refractivity (Wildman–Crippen MR) is 73.4 cm³/mol. The van der Waals surface area contributed by atoms with Gasteiger partial charge in [0.1, 0.15) is 0 Å². The monoisotopic (exact) mass is 268 g/mol. The lowest BCUT2D eigenvalue weighted by Crippen LogP contribution is -2.35. The van der Waals surface area contributed by atoms with Crippen LogP contribution in [0, 0.1) is 0 Å². The normalized spacial score (nSPS) is 17.0. The van der Waals surface area contributed by atoms with E-state index in [-0.39, 0.29) is 5.56 Å². The van der Waals surface area contributed by atoms with Gasteiger partial charge in [0.15, 0.2) is 0 Å². The van der Waals surface area contributed by atoms with Crippen LogP contribution in [0.4, 0.5) is 8.78 Å². The molecule has 0 atom stereocenters. The molecule has 0 spiro atoms. The van der Waals surface area contributed by atoms with Crippen molar-refractivity contribution in [2.24, 2.45) is 0 Å².